The monoisotopic (exact) mass is 445 g/mol. The van der Waals surface area contributed by atoms with E-state index in [1.54, 1.807) is 12.1 Å². The van der Waals surface area contributed by atoms with E-state index in [0.29, 0.717) is 35.1 Å². The SMILES string of the molecule is CCOc1cc(CNC(C)C)c(Br)cc1OCc1ccc(Cl)c(Cl)c1. The third-order valence-electron chi connectivity index (χ3n) is 3.49. The maximum atomic E-state index is 6.06. The second-order valence-electron chi connectivity index (χ2n) is 5.90. The summed E-state index contributed by atoms with van der Waals surface area (Å²) in [7, 11) is 0. The summed E-state index contributed by atoms with van der Waals surface area (Å²) < 4.78 is 12.7. The van der Waals surface area contributed by atoms with E-state index in [0.717, 1.165) is 27.9 Å². The van der Waals surface area contributed by atoms with Gasteiger partial charge in [0.1, 0.15) is 6.61 Å². The number of rotatable bonds is 8. The minimum absolute atomic E-state index is 0.382. The summed E-state index contributed by atoms with van der Waals surface area (Å²) in [6, 6.07) is 9.83. The van der Waals surface area contributed by atoms with Gasteiger partial charge in [-0.2, -0.15) is 0 Å². The Labute approximate surface area is 167 Å². The maximum Gasteiger partial charge on any atom is 0.162 e. The predicted octanol–water partition coefficient (Wildman–Crippen LogP) is 6.23. The van der Waals surface area contributed by atoms with Crippen molar-refractivity contribution < 1.29 is 9.47 Å². The van der Waals surface area contributed by atoms with Crippen molar-refractivity contribution in [2.75, 3.05) is 6.61 Å². The van der Waals surface area contributed by atoms with Crippen molar-refractivity contribution in [1.82, 2.24) is 5.32 Å². The summed E-state index contributed by atoms with van der Waals surface area (Å²) in [5.74, 6) is 1.42. The minimum atomic E-state index is 0.382. The van der Waals surface area contributed by atoms with Crippen LogP contribution in [-0.4, -0.2) is 12.6 Å². The fourth-order valence-corrected chi connectivity index (χ4v) is 2.98. The molecule has 0 aliphatic heterocycles. The molecule has 0 bridgehead atoms. The lowest BCUT2D eigenvalue weighted by atomic mass is 10.2. The van der Waals surface area contributed by atoms with Crippen molar-refractivity contribution in [1.29, 1.82) is 0 Å². The van der Waals surface area contributed by atoms with Crippen LogP contribution < -0.4 is 14.8 Å². The van der Waals surface area contributed by atoms with Crippen molar-refractivity contribution in [2.45, 2.75) is 40.0 Å². The Bertz CT molecular complexity index is 723. The van der Waals surface area contributed by atoms with Gasteiger partial charge >= 0.3 is 0 Å². The molecule has 0 fully saturated rings. The summed E-state index contributed by atoms with van der Waals surface area (Å²) in [6.45, 7) is 7.90. The van der Waals surface area contributed by atoms with Crippen LogP contribution in [0.2, 0.25) is 10.0 Å². The van der Waals surface area contributed by atoms with Crippen LogP contribution in [0.4, 0.5) is 0 Å². The number of halogens is 3. The number of hydrogen-bond donors (Lipinski definition) is 1. The molecule has 0 unspecified atom stereocenters. The molecular formula is C19H22BrCl2NO2. The highest BCUT2D eigenvalue weighted by atomic mass is 79.9. The molecule has 0 amide bonds. The second kappa shape index (κ2) is 9.67. The van der Waals surface area contributed by atoms with Gasteiger partial charge in [-0.25, -0.2) is 0 Å². The van der Waals surface area contributed by atoms with Gasteiger partial charge in [-0.3, -0.25) is 0 Å². The third kappa shape index (κ3) is 6.07. The Balaban J connectivity index is 2.17. The quantitative estimate of drug-likeness (QED) is 0.521. The fourth-order valence-electron chi connectivity index (χ4n) is 2.20. The van der Waals surface area contributed by atoms with Crippen LogP contribution in [0.5, 0.6) is 11.5 Å². The molecule has 2 rings (SSSR count). The smallest absolute Gasteiger partial charge is 0.162 e. The van der Waals surface area contributed by atoms with E-state index >= 15 is 0 Å². The van der Waals surface area contributed by atoms with Gasteiger partial charge < -0.3 is 14.8 Å². The summed E-state index contributed by atoms with van der Waals surface area (Å²) in [5, 5.41) is 4.46. The Morgan fingerprint density at radius 2 is 1.76 bits per heavy atom. The van der Waals surface area contributed by atoms with E-state index in [1.807, 2.05) is 25.1 Å². The zero-order valence-electron chi connectivity index (χ0n) is 14.5. The molecule has 0 aromatic heterocycles. The van der Waals surface area contributed by atoms with E-state index in [9.17, 15) is 0 Å². The zero-order chi connectivity index (χ0) is 18.4. The summed E-state index contributed by atoms with van der Waals surface area (Å²) >= 11 is 15.6. The zero-order valence-corrected chi connectivity index (χ0v) is 17.6. The molecule has 1 N–H and O–H groups in total. The molecule has 25 heavy (non-hydrogen) atoms. The largest absolute Gasteiger partial charge is 0.490 e. The molecule has 2 aromatic rings. The Morgan fingerprint density at radius 1 is 1.04 bits per heavy atom. The highest BCUT2D eigenvalue weighted by Crippen LogP contribution is 2.35. The lowest BCUT2D eigenvalue weighted by Gasteiger charge is -2.16. The van der Waals surface area contributed by atoms with Gasteiger partial charge in [-0.05, 0) is 42.3 Å². The van der Waals surface area contributed by atoms with Gasteiger partial charge in [0, 0.05) is 17.1 Å². The Kier molecular flexibility index (Phi) is 7.88. The third-order valence-corrected chi connectivity index (χ3v) is 4.97. The summed E-state index contributed by atoms with van der Waals surface area (Å²) in [6.07, 6.45) is 0. The van der Waals surface area contributed by atoms with Crippen molar-refractivity contribution >= 4 is 39.1 Å². The van der Waals surface area contributed by atoms with Gasteiger partial charge in [0.15, 0.2) is 11.5 Å². The van der Waals surface area contributed by atoms with Crippen LogP contribution in [0, 0.1) is 0 Å². The summed E-state index contributed by atoms with van der Waals surface area (Å²) in [5.41, 5.74) is 2.07. The van der Waals surface area contributed by atoms with Gasteiger partial charge in [-0.1, -0.05) is 59.0 Å². The molecule has 0 spiro atoms. The van der Waals surface area contributed by atoms with Gasteiger partial charge in [-0.15, -0.1) is 0 Å². The first-order chi connectivity index (χ1) is 11.9. The van der Waals surface area contributed by atoms with Crippen LogP contribution in [0.15, 0.2) is 34.8 Å². The first-order valence-corrected chi connectivity index (χ1v) is 9.71. The molecule has 0 heterocycles. The fraction of sp³-hybridized carbons (Fsp3) is 0.368. The molecule has 2 aromatic carbocycles. The van der Waals surface area contributed by atoms with E-state index < -0.39 is 0 Å². The molecule has 0 saturated heterocycles. The maximum absolute atomic E-state index is 6.06. The van der Waals surface area contributed by atoms with Crippen molar-refractivity contribution in [3.05, 3.63) is 56.0 Å². The highest BCUT2D eigenvalue weighted by Gasteiger charge is 2.12. The van der Waals surface area contributed by atoms with E-state index in [4.69, 9.17) is 32.7 Å². The molecule has 6 heteroatoms. The van der Waals surface area contributed by atoms with Crippen molar-refractivity contribution in [3.63, 3.8) is 0 Å². The summed E-state index contributed by atoms with van der Waals surface area (Å²) in [4.78, 5) is 0. The average Bonchev–Trinajstić information content (AvgIpc) is 2.56. The molecule has 3 nitrogen and oxygen atoms in total. The molecule has 0 saturated carbocycles. The molecule has 0 aliphatic rings. The normalized spacial score (nSPS) is 11.0. The van der Waals surface area contributed by atoms with Gasteiger partial charge in [0.2, 0.25) is 0 Å². The van der Waals surface area contributed by atoms with Crippen LogP contribution in [0.3, 0.4) is 0 Å². The van der Waals surface area contributed by atoms with Crippen LogP contribution in [0.25, 0.3) is 0 Å². The number of hydrogen-bond acceptors (Lipinski definition) is 3. The van der Waals surface area contributed by atoms with Crippen LogP contribution >= 0.6 is 39.1 Å². The average molecular weight is 447 g/mol. The van der Waals surface area contributed by atoms with Gasteiger partial charge in [0.05, 0.1) is 16.7 Å². The first-order valence-electron chi connectivity index (χ1n) is 8.16. The van der Waals surface area contributed by atoms with E-state index in [1.165, 1.54) is 0 Å². The number of nitrogens with one attached hydrogen (secondary N) is 1. The molecule has 0 atom stereocenters. The number of benzene rings is 2. The van der Waals surface area contributed by atoms with E-state index in [2.05, 4.69) is 35.1 Å². The lowest BCUT2D eigenvalue weighted by molar-refractivity contribution is 0.269. The van der Waals surface area contributed by atoms with Crippen molar-refractivity contribution in [2.24, 2.45) is 0 Å². The number of ether oxygens (including phenoxy) is 2. The molecular weight excluding hydrogens is 425 g/mol. The molecule has 0 radical (unpaired) electrons. The van der Waals surface area contributed by atoms with E-state index in [-0.39, 0.29) is 0 Å². The highest BCUT2D eigenvalue weighted by molar-refractivity contribution is 9.10. The Morgan fingerprint density at radius 3 is 2.40 bits per heavy atom. The lowest BCUT2D eigenvalue weighted by Crippen LogP contribution is -2.22. The van der Waals surface area contributed by atoms with Crippen LogP contribution in [-0.2, 0) is 13.2 Å². The standard InChI is InChI=1S/C19H22BrCl2NO2/c1-4-24-18-8-14(10-23-12(2)3)15(20)9-19(18)25-11-13-5-6-16(21)17(22)7-13/h5-9,12,23H,4,10-11H2,1-3H3. The minimum Gasteiger partial charge on any atom is -0.490 e. The molecule has 0 aliphatic carbocycles. The van der Waals surface area contributed by atoms with Crippen molar-refractivity contribution in [3.8, 4) is 11.5 Å². The molecule has 136 valence electrons. The predicted molar refractivity (Wildman–Crippen MR) is 108 cm³/mol. The Hall–Kier alpha value is -0.940. The second-order valence-corrected chi connectivity index (χ2v) is 7.56. The first kappa shape index (κ1) is 20.4. The van der Waals surface area contributed by atoms with Gasteiger partial charge in [0.25, 0.3) is 0 Å². The van der Waals surface area contributed by atoms with Crippen LogP contribution in [0.1, 0.15) is 31.9 Å². The topological polar surface area (TPSA) is 30.5 Å².